The fourth-order valence-corrected chi connectivity index (χ4v) is 2.51. The lowest BCUT2D eigenvalue weighted by Crippen LogP contribution is -2.21. The predicted molar refractivity (Wildman–Crippen MR) is 71.6 cm³/mol. The number of hydrogen-bond acceptors (Lipinski definition) is 4. The van der Waals surface area contributed by atoms with Crippen LogP contribution in [-0.2, 0) is 33.0 Å². The Morgan fingerprint density at radius 1 is 1.32 bits per heavy atom. The van der Waals surface area contributed by atoms with Gasteiger partial charge in [0.2, 0.25) is 0 Å². The molecule has 2 aromatic heterocycles. The van der Waals surface area contributed by atoms with Crippen molar-refractivity contribution in [3.05, 3.63) is 29.6 Å². The van der Waals surface area contributed by atoms with Crippen molar-refractivity contribution in [2.75, 3.05) is 6.54 Å². The Morgan fingerprint density at radius 3 is 3.11 bits per heavy atom. The lowest BCUT2D eigenvalue weighted by atomic mass is 10.2. The molecule has 0 aliphatic carbocycles. The first kappa shape index (κ1) is 12.3. The highest BCUT2D eigenvalue weighted by molar-refractivity contribution is 5.00. The van der Waals surface area contributed by atoms with Gasteiger partial charge >= 0.3 is 0 Å². The summed E-state index contributed by atoms with van der Waals surface area (Å²) in [6, 6.07) is 2.06. The normalized spacial score (nSPS) is 14.6. The molecule has 1 aliphatic rings. The molecule has 2 aromatic rings. The van der Waals surface area contributed by atoms with Gasteiger partial charge < -0.3 is 9.88 Å². The Balaban J connectivity index is 1.48. The standard InChI is InChI=1S/C13H20N6/c1-18-9-6-11(17-18)5-7-14-10-13-16-15-12-4-2-3-8-19(12)13/h6,9,14H,2-5,7-8,10H2,1H3. The van der Waals surface area contributed by atoms with Gasteiger partial charge in [0.25, 0.3) is 0 Å². The summed E-state index contributed by atoms with van der Waals surface area (Å²) in [5.74, 6) is 2.21. The van der Waals surface area contributed by atoms with Gasteiger partial charge in [-0.1, -0.05) is 0 Å². The summed E-state index contributed by atoms with van der Waals surface area (Å²) < 4.78 is 4.10. The Morgan fingerprint density at radius 2 is 2.26 bits per heavy atom. The van der Waals surface area contributed by atoms with E-state index in [0.717, 1.165) is 49.8 Å². The van der Waals surface area contributed by atoms with Crippen molar-refractivity contribution in [1.29, 1.82) is 0 Å². The minimum Gasteiger partial charge on any atom is -0.314 e. The zero-order valence-corrected chi connectivity index (χ0v) is 11.3. The number of aromatic nitrogens is 5. The quantitative estimate of drug-likeness (QED) is 0.803. The van der Waals surface area contributed by atoms with E-state index in [4.69, 9.17) is 0 Å². The van der Waals surface area contributed by atoms with Crippen molar-refractivity contribution < 1.29 is 0 Å². The number of rotatable bonds is 5. The third-order valence-corrected chi connectivity index (χ3v) is 3.55. The molecule has 6 nitrogen and oxygen atoms in total. The second-order valence-electron chi connectivity index (χ2n) is 5.05. The molecule has 0 aromatic carbocycles. The van der Waals surface area contributed by atoms with Crippen LogP contribution in [0.25, 0.3) is 0 Å². The largest absolute Gasteiger partial charge is 0.314 e. The zero-order chi connectivity index (χ0) is 13.1. The summed E-state index contributed by atoms with van der Waals surface area (Å²) in [6.07, 6.45) is 6.48. The van der Waals surface area contributed by atoms with Gasteiger partial charge in [-0.15, -0.1) is 10.2 Å². The molecule has 0 bridgehead atoms. The molecule has 0 unspecified atom stereocenters. The topological polar surface area (TPSA) is 60.6 Å². The Hall–Kier alpha value is -1.69. The maximum Gasteiger partial charge on any atom is 0.147 e. The van der Waals surface area contributed by atoms with E-state index in [1.165, 1.54) is 12.8 Å². The van der Waals surface area contributed by atoms with Crippen LogP contribution in [0.2, 0.25) is 0 Å². The van der Waals surface area contributed by atoms with Gasteiger partial charge in [-0.05, 0) is 18.9 Å². The number of nitrogens with zero attached hydrogens (tertiary/aromatic N) is 5. The Kier molecular flexibility index (Phi) is 3.59. The molecule has 0 radical (unpaired) electrons. The van der Waals surface area contributed by atoms with Gasteiger partial charge in [-0.2, -0.15) is 5.10 Å². The fourth-order valence-electron chi connectivity index (χ4n) is 2.51. The molecule has 0 spiro atoms. The van der Waals surface area contributed by atoms with E-state index in [1.807, 2.05) is 17.9 Å². The first-order valence-electron chi connectivity index (χ1n) is 6.93. The molecular weight excluding hydrogens is 240 g/mol. The van der Waals surface area contributed by atoms with Gasteiger partial charge in [0, 0.05) is 39.2 Å². The molecule has 0 saturated carbocycles. The van der Waals surface area contributed by atoms with Crippen molar-refractivity contribution in [2.24, 2.45) is 7.05 Å². The average Bonchev–Trinajstić information content (AvgIpc) is 3.02. The molecular formula is C13H20N6. The van der Waals surface area contributed by atoms with Gasteiger partial charge in [0.05, 0.1) is 12.2 Å². The van der Waals surface area contributed by atoms with Gasteiger partial charge in [0.15, 0.2) is 0 Å². The number of aryl methyl sites for hydroxylation is 2. The summed E-state index contributed by atoms with van der Waals surface area (Å²) in [6.45, 7) is 2.78. The number of nitrogens with one attached hydrogen (secondary N) is 1. The Labute approximate surface area is 112 Å². The van der Waals surface area contributed by atoms with Crippen molar-refractivity contribution >= 4 is 0 Å². The third kappa shape index (κ3) is 2.84. The first-order chi connectivity index (χ1) is 9.33. The van der Waals surface area contributed by atoms with Crippen LogP contribution in [-0.4, -0.2) is 31.1 Å². The van der Waals surface area contributed by atoms with Gasteiger partial charge in [-0.3, -0.25) is 4.68 Å². The van der Waals surface area contributed by atoms with Gasteiger partial charge in [-0.25, -0.2) is 0 Å². The van der Waals surface area contributed by atoms with Crippen LogP contribution >= 0.6 is 0 Å². The summed E-state index contributed by atoms with van der Waals surface area (Å²) in [5, 5.41) is 16.3. The number of fused-ring (bicyclic) bond motifs is 1. The molecule has 3 heterocycles. The summed E-state index contributed by atoms with van der Waals surface area (Å²) >= 11 is 0. The SMILES string of the molecule is Cn1ccc(CCNCc2nnc3n2CCCC3)n1. The van der Waals surface area contributed by atoms with Crippen LogP contribution in [0, 0.1) is 0 Å². The highest BCUT2D eigenvalue weighted by atomic mass is 15.3. The van der Waals surface area contributed by atoms with Crippen molar-refractivity contribution in [2.45, 2.75) is 38.8 Å². The molecule has 0 atom stereocenters. The lowest BCUT2D eigenvalue weighted by Gasteiger charge is -2.14. The molecule has 3 rings (SSSR count). The maximum absolute atomic E-state index is 4.36. The summed E-state index contributed by atoms with van der Waals surface area (Å²) in [4.78, 5) is 0. The van der Waals surface area contributed by atoms with E-state index in [1.54, 1.807) is 0 Å². The van der Waals surface area contributed by atoms with Crippen LogP contribution in [0.4, 0.5) is 0 Å². The smallest absolute Gasteiger partial charge is 0.147 e. The minimum absolute atomic E-state index is 0.792. The van der Waals surface area contributed by atoms with E-state index in [0.29, 0.717) is 0 Å². The van der Waals surface area contributed by atoms with Crippen molar-refractivity contribution in [1.82, 2.24) is 29.9 Å². The minimum atomic E-state index is 0.792. The monoisotopic (exact) mass is 260 g/mol. The molecule has 0 fully saturated rings. The van der Waals surface area contributed by atoms with E-state index >= 15 is 0 Å². The maximum atomic E-state index is 4.36. The molecule has 102 valence electrons. The summed E-state index contributed by atoms with van der Waals surface area (Å²) in [7, 11) is 1.94. The second-order valence-corrected chi connectivity index (χ2v) is 5.05. The van der Waals surface area contributed by atoms with E-state index in [-0.39, 0.29) is 0 Å². The third-order valence-electron chi connectivity index (χ3n) is 3.55. The molecule has 19 heavy (non-hydrogen) atoms. The highest BCUT2D eigenvalue weighted by Crippen LogP contribution is 2.13. The van der Waals surface area contributed by atoms with Crippen LogP contribution in [0.5, 0.6) is 0 Å². The molecule has 6 heteroatoms. The van der Waals surface area contributed by atoms with E-state index in [9.17, 15) is 0 Å². The van der Waals surface area contributed by atoms with Crippen LogP contribution in [0.15, 0.2) is 12.3 Å². The molecule has 0 amide bonds. The van der Waals surface area contributed by atoms with Crippen LogP contribution in [0.3, 0.4) is 0 Å². The lowest BCUT2D eigenvalue weighted by molar-refractivity contribution is 0.497. The molecule has 1 aliphatic heterocycles. The van der Waals surface area contributed by atoms with E-state index in [2.05, 4.69) is 31.2 Å². The van der Waals surface area contributed by atoms with E-state index < -0.39 is 0 Å². The summed E-state index contributed by atoms with van der Waals surface area (Å²) in [5.41, 5.74) is 1.12. The van der Waals surface area contributed by atoms with Crippen LogP contribution < -0.4 is 5.32 Å². The first-order valence-corrected chi connectivity index (χ1v) is 6.93. The van der Waals surface area contributed by atoms with Crippen molar-refractivity contribution in [3.63, 3.8) is 0 Å². The zero-order valence-electron chi connectivity index (χ0n) is 11.3. The van der Waals surface area contributed by atoms with Crippen molar-refractivity contribution in [3.8, 4) is 0 Å². The highest BCUT2D eigenvalue weighted by Gasteiger charge is 2.14. The molecule has 0 saturated heterocycles. The van der Waals surface area contributed by atoms with Crippen LogP contribution in [0.1, 0.15) is 30.2 Å². The fraction of sp³-hybridized carbons (Fsp3) is 0.615. The predicted octanol–water partition coefficient (Wildman–Crippen LogP) is 0.680. The second kappa shape index (κ2) is 5.52. The Bertz CT molecular complexity index is 541. The molecule has 1 N–H and O–H groups in total. The number of hydrogen-bond donors (Lipinski definition) is 1. The average molecular weight is 260 g/mol. The van der Waals surface area contributed by atoms with Gasteiger partial charge in [0.1, 0.15) is 11.6 Å².